The lowest BCUT2D eigenvalue weighted by Crippen LogP contribution is -2.46. The summed E-state index contributed by atoms with van der Waals surface area (Å²) in [6, 6.07) is 5.81. The van der Waals surface area contributed by atoms with E-state index in [1.165, 1.54) is 19.1 Å². The first-order chi connectivity index (χ1) is 13.1. The van der Waals surface area contributed by atoms with Crippen molar-refractivity contribution >= 4 is 17.8 Å². The first-order valence-electron chi connectivity index (χ1n) is 9.60. The molecule has 154 valence electrons. The maximum atomic E-state index is 12.9. The number of piperidine rings is 1. The zero-order valence-electron chi connectivity index (χ0n) is 17.0. The third kappa shape index (κ3) is 6.04. The molecule has 1 aliphatic rings. The molecule has 7 heteroatoms. The van der Waals surface area contributed by atoms with E-state index in [0.29, 0.717) is 25.9 Å². The summed E-state index contributed by atoms with van der Waals surface area (Å²) in [5, 5.41) is 2.67. The number of esters is 1. The normalized spacial score (nSPS) is 16.4. The minimum Gasteiger partial charge on any atom is -0.452 e. The van der Waals surface area contributed by atoms with Crippen molar-refractivity contribution in [3.8, 4) is 0 Å². The number of ether oxygens (including phenoxy) is 1. The maximum absolute atomic E-state index is 12.9. The van der Waals surface area contributed by atoms with Gasteiger partial charge >= 0.3 is 5.97 Å². The minimum absolute atomic E-state index is 0.0767. The van der Waals surface area contributed by atoms with Crippen molar-refractivity contribution in [2.24, 2.45) is 11.3 Å². The number of hydrogen-bond acceptors (Lipinski definition) is 4. The summed E-state index contributed by atoms with van der Waals surface area (Å²) in [5.41, 5.74) is 0.314. The number of likely N-dealkylation sites (tertiary alicyclic amines) is 1. The molecule has 0 spiro atoms. The Morgan fingerprint density at radius 3 is 2.29 bits per heavy atom. The quantitative estimate of drug-likeness (QED) is 0.782. The van der Waals surface area contributed by atoms with E-state index in [9.17, 15) is 18.8 Å². The second-order valence-corrected chi connectivity index (χ2v) is 8.24. The van der Waals surface area contributed by atoms with Crippen LogP contribution >= 0.6 is 0 Å². The number of carbonyl (C=O) groups is 3. The van der Waals surface area contributed by atoms with Crippen molar-refractivity contribution in [3.63, 3.8) is 0 Å². The first-order valence-corrected chi connectivity index (χ1v) is 9.60. The zero-order valence-corrected chi connectivity index (χ0v) is 17.0. The van der Waals surface area contributed by atoms with Gasteiger partial charge < -0.3 is 15.0 Å². The number of nitrogens with one attached hydrogen (secondary N) is 1. The van der Waals surface area contributed by atoms with Gasteiger partial charge in [0.1, 0.15) is 5.82 Å². The van der Waals surface area contributed by atoms with E-state index in [1.54, 1.807) is 17.0 Å². The molecule has 0 radical (unpaired) electrons. The molecule has 1 saturated heterocycles. The van der Waals surface area contributed by atoms with E-state index in [2.05, 4.69) is 5.32 Å². The second kappa shape index (κ2) is 9.17. The van der Waals surface area contributed by atoms with Gasteiger partial charge in [-0.25, -0.2) is 4.39 Å². The van der Waals surface area contributed by atoms with Crippen LogP contribution in [0.5, 0.6) is 0 Å². The highest BCUT2D eigenvalue weighted by Gasteiger charge is 2.33. The molecular weight excluding hydrogens is 363 g/mol. The Morgan fingerprint density at radius 1 is 1.18 bits per heavy atom. The largest absolute Gasteiger partial charge is 0.452 e. The predicted octanol–water partition coefficient (Wildman–Crippen LogP) is 2.66. The van der Waals surface area contributed by atoms with Crippen molar-refractivity contribution in [1.82, 2.24) is 10.2 Å². The number of rotatable bonds is 5. The van der Waals surface area contributed by atoms with Gasteiger partial charge in [0, 0.05) is 25.0 Å². The number of benzene rings is 1. The van der Waals surface area contributed by atoms with Crippen LogP contribution in [0, 0.1) is 17.2 Å². The molecule has 1 fully saturated rings. The van der Waals surface area contributed by atoms with Crippen LogP contribution in [-0.2, 0) is 25.7 Å². The lowest BCUT2D eigenvalue weighted by atomic mass is 9.91. The van der Waals surface area contributed by atoms with Crippen LogP contribution in [0.15, 0.2) is 24.3 Å². The second-order valence-electron chi connectivity index (χ2n) is 8.24. The number of amides is 2. The highest BCUT2D eigenvalue weighted by molar-refractivity contribution is 5.84. The molecule has 28 heavy (non-hydrogen) atoms. The van der Waals surface area contributed by atoms with Crippen LogP contribution in [-0.4, -0.2) is 41.9 Å². The molecular formula is C21H29FN2O4. The molecule has 0 unspecified atom stereocenters. The van der Waals surface area contributed by atoms with Crippen molar-refractivity contribution in [2.75, 3.05) is 13.1 Å². The summed E-state index contributed by atoms with van der Waals surface area (Å²) < 4.78 is 18.2. The first kappa shape index (κ1) is 21.9. The fraction of sp³-hybridized carbons (Fsp3) is 0.571. The highest BCUT2D eigenvalue weighted by Crippen LogP contribution is 2.24. The van der Waals surface area contributed by atoms with Crippen LogP contribution in [0.2, 0.25) is 0 Å². The van der Waals surface area contributed by atoms with Gasteiger partial charge in [0.2, 0.25) is 5.91 Å². The third-order valence-electron chi connectivity index (χ3n) is 4.80. The van der Waals surface area contributed by atoms with Crippen LogP contribution in [0.25, 0.3) is 0 Å². The predicted molar refractivity (Wildman–Crippen MR) is 103 cm³/mol. The van der Waals surface area contributed by atoms with Crippen LogP contribution < -0.4 is 5.32 Å². The third-order valence-corrected chi connectivity index (χ3v) is 4.80. The molecule has 1 aliphatic heterocycles. The Kier molecular flexibility index (Phi) is 7.16. The van der Waals surface area contributed by atoms with E-state index in [4.69, 9.17) is 4.74 Å². The number of carbonyl (C=O) groups excluding carboxylic acids is 3. The fourth-order valence-corrected chi connectivity index (χ4v) is 3.05. The van der Waals surface area contributed by atoms with E-state index >= 15 is 0 Å². The summed E-state index contributed by atoms with van der Waals surface area (Å²) in [6.45, 7) is 8.41. The summed E-state index contributed by atoms with van der Waals surface area (Å²) >= 11 is 0. The summed E-state index contributed by atoms with van der Waals surface area (Å²) in [6.07, 6.45) is 0.150. The average Bonchev–Trinajstić information content (AvgIpc) is 2.66. The molecule has 2 rings (SSSR count). The molecule has 1 N–H and O–H groups in total. The van der Waals surface area contributed by atoms with Gasteiger partial charge in [0.25, 0.3) is 5.91 Å². The number of nitrogens with zero attached hydrogens (tertiary/aromatic N) is 1. The topological polar surface area (TPSA) is 75.7 Å². The van der Waals surface area contributed by atoms with Crippen molar-refractivity contribution < 1.29 is 23.5 Å². The molecule has 0 aliphatic carbocycles. The van der Waals surface area contributed by atoms with Crippen LogP contribution in [0.1, 0.15) is 46.1 Å². The van der Waals surface area contributed by atoms with Crippen molar-refractivity contribution in [3.05, 3.63) is 35.6 Å². The molecule has 1 heterocycles. The molecule has 1 aromatic rings. The van der Waals surface area contributed by atoms with Gasteiger partial charge in [-0.2, -0.15) is 0 Å². The molecule has 1 aromatic carbocycles. The van der Waals surface area contributed by atoms with E-state index < -0.39 is 23.4 Å². The molecule has 6 nitrogen and oxygen atoms in total. The highest BCUT2D eigenvalue weighted by atomic mass is 19.1. The van der Waals surface area contributed by atoms with Crippen LogP contribution in [0.3, 0.4) is 0 Å². The molecule has 0 bridgehead atoms. The molecule has 0 aromatic heterocycles. The summed E-state index contributed by atoms with van der Waals surface area (Å²) in [5.74, 6) is -1.39. The van der Waals surface area contributed by atoms with Gasteiger partial charge in [-0.15, -0.1) is 0 Å². The smallest absolute Gasteiger partial charge is 0.309 e. The molecule has 0 saturated carbocycles. The lowest BCUT2D eigenvalue weighted by molar-refractivity contribution is -0.161. The van der Waals surface area contributed by atoms with Crippen molar-refractivity contribution in [2.45, 2.75) is 53.2 Å². The van der Waals surface area contributed by atoms with Gasteiger partial charge in [-0.1, -0.05) is 32.9 Å². The number of halogens is 1. The SMILES string of the molecule is C[C@@H](OC(=O)C1CCN(C(=O)C(C)(C)C)CC1)C(=O)NCc1ccc(F)cc1. The standard InChI is InChI=1S/C21H29FN2O4/c1-14(18(25)23-13-15-5-7-17(22)8-6-15)28-19(26)16-9-11-24(12-10-16)20(27)21(2,3)4/h5-8,14,16H,9-13H2,1-4H3,(H,23,25)/t14-/m1/s1. The van der Waals surface area contributed by atoms with Crippen molar-refractivity contribution in [1.29, 1.82) is 0 Å². The molecule has 1 atom stereocenters. The summed E-state index contributed by atoms with van der Waals surface area (Å²) in [7, 11) is 0. The van der Waals surface area contributed by atoms with Gasteiger partial charge in [-0.3, -0.25) is 14.4 Å². The number of hydrogen-bond donors (Lipinski definition) is 1. The Morgan fingerprint density at radius 2 is 1.75 bits per heavy atom. The van der Waals surface area contributed by atoms with E-state index in [-0.39, 0.29) is 24.2 Å². The van der Waals surface area contributed by atoms with Gasteiger partial charge in [-0.05, 0) is 37.5 Å². The Labute approximate surface area is 165 Å². The van der Waals surface area contributed by atoms with E-state index in [0.717, 1.165) is 5.56 Å². The molecule has 2 amide bonds. The Bertz CT molecular complexity index is 704. The summed E-state index contributed by atoms with van der Waals surface area (Å²) in [4.78, 5) is 38.6. The lowest BCUT2D eigenvalue weighted by Gasteiger charge is -2.35. The monoisotopic (exact) mass is 392 g/mol. The minimum atomic E-state index is -0.915. The fourth-order valence-electron chi connectivity index (χ4n) is 3.05. The average molecular weight is 392 g/mol. The van der Waals surface area contributed by atoms with Crippen LogP contribution in [0.4, 0.5) is 4.39 Å². The zero-order chi connectivity index (χ0) is 20.9. The Hall–Kier alpha value is -2.44. The Balaban J connectivity index is 1.77. The van der Waals surface area contributed by atoms with E-state index in [1.807, 2.05) is 20.8 Å². The maximum Gasteiger partial charge on any atom is 0.309 e. The van der Waals surface area contributed by atoms with Gasteiger partial charge in [0.15, 0.2) is 6.10 Å². The van der Waals surface area contributed by atoms with Gasteiger partial charge in [0.05, 0.1) is 5.92 Å².